The lowest BCUT2D eigenvalue weighted by molar-refractivity contribution is -0.874. The van der Waals surface area contributed by atoms with E-state index in [0.717, 1.165) is 23.9 Å². The third-order valence-corrected chi connectivity index (χ3v) is 7.78. The number of rotatable bonds is 23. The molecule has 36 heavy (non-hydrogen) atoms. The topological polar surface area (TPSA) is 53.4 Å². The fraction of sp³-hybridized carbons (Fsp3) is 0.719. The van der Waals surface area contributed by atoms with E-state index in [2.05, 4.69) is 35.5 Å². The second kappa shape index (κ2) is 20.6. The van der Waals surface area contributed by atoms with Crippen LogP contribution in [0, 0.1) is 0 Å². The Morgan fingerprint density at radius 2 is 1.00 bits per heavy atom. The Balaban J connectivity index is 1.69. The largest absolute Gasteiger partial charge is 0.396 e. The Morgan fingerprint density at radius 3 is 1.39 bits per heavy atom. The van der Waals surface area contributed by atoms with Crippen LogP contribution in [0.5, 0.6) is 0 Å². The van der Waals surface area contributed by atoms with Crippen LogP contribution in [0.3, 0.4) is 0 Å². The molecule has 0 unspecified atom stereocenters. The number of hydrogen-bond acceptors (Lipinski definition) is 3. The molecular weight excluding hydrogens is 444 g/mol. The van der Waals surface area contributed by atoms with Crippen molar-refractivity contribution in [3.05, 3.63) is 48.4 Å². The number of pyridine rings is 1. The van der Waals surface area contributed by atoms with E-state index in [1.54, 1.807) is 0 Å². The summed E-state index contributed by atoms with van der Waals surface area (Å²) in [6.07, 6.45) is 34.1. The Labute approximate surface area is 222 Å². The van der Waals surface area contributed by atoms with E-state index in [1.165, 1.54) is 127 Å². The predicted octanol–water partition coefficient (Wildman–Crippen LogP) is 7.82. The van der Waals surface area contributed by atoms with Gasteiger partial charge in [-0.15, -0.1) is 0 Å². The highest BCUT2D eigenvalue weighted by Gasteiger charge is 2.25. The molecule has 2 N–H and O–H groups in total. The van der Waals surface area contributed by atoms with Crippen molar-refractivity contribution in [1.29, 1.82) is 0 Å². The van der Waals surface area contributed by atoms with E-state index in [1.807, 2.05) is 12.4 Å². The molecule has 0 spiro atoms. The standard InChI is InChI=1S/C32H55N2O2/c35-29-17-13-9-5-1-3-7-11-15-25-34(26-16-12-8-4-2-6-10-14-18-30-36)27-21-32(22-28-34)31-19-23-33-24-20-31/h19-24,27,35-36H,1-18,25-26,28-30H2/q+1. The summed E-state index contributed by atoms with van der Waals surface area (Å²) in [6.45, 7) is 4.33. The molecule has 1 aromatic heterocycles. The van der Waals surface area contributed by atoms with Gasteiger partial charge in [0.25, 0.3) is 0 Å². The summed E-state index contributed by atoms with van der Waals surface area (Å²) in [6, 6.07) is 4.23. The van der Waals surface area contributed by atoms with Gasteiger partial charge in [-0.3, -0.25) is 9.47 Å². The van der Waals surface area contributed by atoms with Crippen LogP contribution in [0.1, 0.15) is 121 Å². The molecule has 2 rings (SSSR count). The van der Waals surface area contributed by atoms with Gasteiger partial charge in [0.15, 0.2) is 0 Å². The molecular formula is C32H55N2O2+. The minimum Gasteiger partial charge on any atom is -0.396 e. The van der Waals surface area contributed by atoms with Gasteiger partial charge in [-0.25, -0.2) is 0 Å². The Bertz CT molecular complexity index is 677. The molecule has 4 heteroatoms. The summed E-state index contributed by atoms with van der Waals surface area (Å²) in [5.41, 5.74) is 2.62. The first-order valence-electron chi connectivity index (χ1n) is 15.2. The number of hydrogen-bond donors (Lipinski definition) is 2. The van der Waals surface area contributed by atoms with E-state index in [9.17, 15) is 0 Å². The number of quaternary nitrogens is 1. The lowest BCUT2D eigenvalue weighted by Gasteiger charge is -2.36. The number of aromatic nitrogens is 1. The van der Waals surface area contributed by atoms with Gasteiger partial charge in [0, 0.05) is 25.6 Å². The monoisotopic (exact) mass is 499 g/mol. The van der Waals surface area contributed by atoms with E-state index >= 15 is 0 Å². The summed E-state index contributed by atoms with van der Waals surface area (Å²) >= 11 is 0. The fourth-order valence-electron chi connectivity index (χ4n) is 5.40. The van der Waals surface area contributed by atoms with Gasteiger partial charge in [0.1, 0.15) is 6.54 Å². The molecule has 0 aromatic carbocycles. The van der Waals surface area contributed by atoms with Crippen molar-refractivity contribution in [3.63, 3.8) is 0 Å². The average Bonchev–Trinajstić information content (AvgIpc) is 2.92. The molecule has 204 valence electrons. The van der Waals surface area contributed by atoms with Crippen molar-refractivity contribution >= 4 is 5.57 Å². The molecule has 0 saturated heterocycles. The zero-order chi connectivity index (χ0) is 25.6. The third kappa shape index (κ3) is 13.7. The van der Waals surface area contributed by atoms with Crippen LogP contribution in [0.2, 0.25) is 0 Å². The first-order chi connectivity index (χ1) is 17.8. The normalized spacial score (nSPS) is 14.8. The van der Waals surface area contributed by atoms with Gasteiger partial charge in [0.2, 0.25) is 0 Å². The molecule has 0 saturated carbocycles. The molecule has 0 fully saturated rings. The van der Waals surface area contributed by atoms with Crippen LogP contribution in [0.15, 0.2) is 42.9 Å². The lowest BCUT2D eigenvalue weighted by Crippen LogP contribution is -2.45. The molecule has 1 aromatic rings. The van der Waals surface area contributed by atoms with Gasteiger partial charge in [0.05, 0.1) is 19.3 Å². The van der Waals surface area contributed by atoms with Crippen LogP contribution in [-0.2, 0) is 0 Å². The molecule has 4 nitrogen and oxygen atoms in total. The van der Waals surface area contributed by atoms with Gasteiger partial charge in [-0.2, -0.15) is 0 Å². The van der Waals surface area contributed by atoms with Crippen molar-refractivity contribution in [2.75, 3.05) is 32.8 Å². The minimum absolute atomic E-state index is 0.347. The molecule has 0 atom stereocenters. The maximum absolute atomic E-state index is 8.88. The molecule has 2 heterocycles. The average molecular weight is 500 g/mol. The maximum Gasteiger partial charge on any atom is 0.102 e. The second-order valence-electron chi connectivity index (χ2n) is 10.9. The zero-order valence-electron chi connectivity index (χ0n) is 23.1. The number of nitrogens with zero attached hydrogens (tertiary/aromatic N) is 2. The van der Waals surface area contributed by atoms with Gasteiger partial charge in [-0.05, 0) is 73.9 Å². The highest BCUT2D eigenvalue weighted by Crippen LogP contribution is 2.26. The van der Waals surface area contributed by atoms with Crippen molar-refractivity contribution < 1.29 is 14.7 Å². The summed E-state index contributed by atoms with van der Waals surface area (Å²) in [5, 5.41) is 17.8. The molecule has 1 aliphatic rings. The molecule has 1 aliphatic heterocycles. The minimum atomic E-state index is 0.347. The van der Waals surface area contributed by atoms with E-state index < -0.39 is 0 Å². The van der Waals surface area contributed by atoms with Gasteiger partial charge < -0.3 is 10.2 Å². The number of aliphatic hydroxyl groups is 2. The van der Waals surface area contributed by atoms with Crippen molar-refractivity contribution in [2.45, 2.75) is 116 Å². The predicted molar refractivity (Wildman–Crippen MR) is 153 cm³/mol. The highest BCUT2D eigenvalue weighted by molar-refractivity contribution is 5.73. The number of aliphatic hydroxyl groups excluding tert-OH is 2. The first-order valence-corrected chi connectivity index (χ1v) is 15.2. The molecule has 0 radical (unpaired) electrons. The first kappa shape index (κ1) is 30.7. The van der Waals surface area contributed by atoms with Crippen molar-refractivity contribution in [3.8, 4) is 0 Å². The van der Waals surface area contributed by atoms with E-state index in [-0.39, 0.29) is 0 Å². The summed E-state index contributed by atoms with van der Waals surface area (Å²) < 4.78 is 1.12. The fourth-order valence-corrected chi connectivity index (χ4v) is 5.40. The number of allylic oxidation sites excluding steroid dienone is 2. The molecule has 0 amide bonds. The van der Waals surface area contributed by atoms with Crippen LogP contribution in [-0.4, -0.2) is 52.5 Å². The van der Waals surface area contributed by atoms with Crippen LogP contribution in [0.25, 0.3) is 5.57 Å². The van der Waals surface area contributed by atoms with E-state index in [0.29, 0.717) is 13.2 Å². The van der Waals surface area contributed by atoms with Crippen LogP contribution in [0.4, 0.5) is 0 Å². The lowest BCUT2D eigenvalue weighted by atomic mass is 10.0. The SMILES string of the molecule is OCCCCCCCCCCC[N+]1(CCCCCCCCCCCO)C=CC(c2ccncc2)=CC1. The van der Waals surface area contributed by atoms with Crippen molar-refractivity contribution in [1.82, 2.24) is 4.98 Å². The quantitative estimate of drug-likeness (QED) is 0.119. The Hall–Kier alpha value is -1.49. The molecule has 0 aliphatic carbocycles. The van der Waals surface area contributed by atoms with Crippen LogP contribution >= 0.6 is 0 Å². The number of unbranched alkanes of at least 4 members (excludes halogenated alkanes) is 16. The summed E-state index contributed by atoms with van der Waals surface area (Å²) in [5.74, 6) is 0. The van der Waals surface area contributed by atoms with Gasteiger partial charge in [-0.1, -0.05) is 77.0 Å². The molecule has 0 bridgehead atoms. The smallest absolute Gasteiger partial charge is 0.102 e. The van der Waals surface area contributed by atoms with E-state index in [4.69, 9.17) is 10.2 Å². The summed E-state index contributed by atoms with van der Waals surface area (Å²) in [4.78, 5) is 4.17. The highest BCUT2D eigenvalue weighted by atomic mass is 16.3. The van der Waals surface area contributed by atoms with Crippen LogP contribution < -0.4 is 0 Å². The Kier molecular flexibility index (Phi) is 17.5. The second-order valence-corrected chi connectivity index (χ2v) is 10.9. The third-order valence-electron chi connectivity index (χ3n) is 7.78. The zero-order valence-corrected chi connectivity index (χ0v) is 23.1. The summed E-state index contributed by atoms with van der Waals surface area (Å²) in [7, 11) is 0. The van der Waals surface area contributed by atoms with Crippen molar-refractivity contribution in [2.24, 2.45) is 0 Å². The maximum atomic E-state index is 8.88. The van der Waals surface area contributed by atoms with Gasteiger partial charge >= 0.3 is 0 Å². The Morgan fingerprint density at radius 1 is 0.583 bits per heavy atom.